The number of benzene rings is 1. The summed E-state index contributed by atoms with van der Waals surface area (Å²) in [7, 11) is 0. The highest BCUT2D eigenvalue weighted by molar-refractivity contribution is 5.26. The third-order valence-electron chi connectivity index (χ3n) is 3.35. The second-order valence-corrected chi connectivity index (χ2v) is 4.93. The van der Waals surface area contributed by atoms with Crippen molar-refractivity contribution in [2.75, 3.05) is 6.54 Å². The normalized spacial score (nSPS) is 12.6. The second kappa shape index (κ2) is 6.53. The van der Waals surface area contributed by atoms with Gasteiger partial charge in [-0.25, -0.2) is 0 Å². The van der Waals surface area contributed by atoms with Crippen molar-refractivity contribution in [3.8, 4) is 0 Å². The number of hydrogen-bond donors (Lipinski definition) is 1. The Balaban J connectivity index is 2.15. The van der Waals surface area contributed by atoms with Crippen molar-refractivity contribution in [3.05, 3.63) is 53.3 Å². The van der Waals surface area contributed by atoms with Crippen molar-refractivity contribution in [2.24, 2.45) is 0 Å². The quantitative estimate of drug-likeness (QED) is 0.861. The van der Waals surface area contributed by atoms with E-state index in [1.165, 1.54) is 16.7 Å². The molecule has 0 saturated heterocycles. The molecular weight excluding hydrogens is 234 g/mol. The van der Waals surface area contributed by atoms with Crippen LogP contribution in [0.25, 0.3) is 0 Å². The van der Waals surface area contributed by atoms with Gasteiger partial charge in [-0.2, -0.15) is 5.10 Å². The van der Waals surface area contributed by atoms with Gasteiger partial charge >= 0.3 is 0 Å². The molecule has 0 bridgehead atoms. The first kappa shape index (κ1) is 13.8. The van der Waals surface area contributed by atoms with Gasteiger partial charge in [0.15, 0.2) is 0 Å². The summed E-state index contributed by atoms with van der Waals surface area (Å²) < 4.78 is 1.98. The van der Waals surface area contributed by atoms with Crippen LogP contribution in [-0.2, 0) is 13.0 Å². The Kier molecular flexibility index (Phi) is 4.74. The van der Waals surface area contributed by atoms with Gasteiger partial charge in [-0.15, -0.1) is 0 Å². The SMILES string of the molecule is CCNC(Cc1cnn(CC)c1)c1cccc(C)c1. The Morgan fingerprint density at radius 1 is 1.32 bits per heavy atom. The number of nitrogens with zero attached hydrogens (tertiary/aromatic N) is 2. The van der Waals surface area contributed by atoms with Gasteiger partial charge < -0.3 is 5.32 Å². The number of likely N-dealkylation sites (N-methyl/N-ethyl adjacent to an activating group) is 1. The Hall–Kier alpha value is -1.61. The summed E-state index contributed by atoms with van der Waals surface area (Å²) in [6.07, 6.45) is 5.10. The minimum atomic E-state index is 0.361. The zero-order valence-electron chi connectivity index (χ0n) is 12.1. The lowest BCUT2D eigenvalue weighted by Gasteiger charge is -2.18. The molecule has 0 radical (unpaired) electrons. The molecule has 0 aliphatic rings. The summed E-state index contributed by atoms with van der Waals surface area (Å²) in [5.41, 5.74) is 3.95. The van der Waals surface area contributed by atoms with Gasteiger partial charge in [0.25, 0.3) is 0 Å². The van der Waals surface area contributed by atoms with E-state index in [0.717, 1.165) is 19.5 Å². The van der Waals surface area contributed by atoms with E-state index in [1.54, 1.807) is 0 Å². The maximum absolute atomic E-state index is 4.35. The van der Waals surface area contributed by atoms with Gasteiger partial charge in [0.05, 0.1) is 6.20 Å². The Labute approximate surface area is 115 Å². The Bertz CT molecular complexity index is 516. The number of aromatic nitrogens is 2. The molecule has 0 amide bonds. The number of hydrogen-bond acceptors (Lipinski definition) is 2. The van der Waals surface area contributed by atoms with Crippen LogP contribution in [0.3, 0.4) is 0 Å². The lowest BCUT2D eigenvalue weighted by molar-refractivity contribution is 0.549. The number of nitrogens with one attached hydrogen (secondary N) is 1. The standard InChI is InChI=1S/C16H23N3/c1-4-17-16(15-8-6-7-13(3)9-15)10-14-11-18-19(5-2)12-14/h6-9,11-12,16-17H,4-5,10H2,1-3H3. The van der Waals surface area contributed by atoms with Crippen LogP contribution in [0.15, 0.2) is 36.7 Å². The predicted octanol–water partition coefficient (Wildman–Crippen LogP) is 3.10. The molecule has 1 heterocycles. The highest BCUT2D eigenvalue weighted by Gasteiger charge is 2.12. The van der Waals surface area contributed by atoms with Gasteiger partial charge in [-0.1, -0.05) is 36.8 Å². The first-order valence-corrected chi connectivity index (χ1v) is 7.04. The molecule has 2 aromatic rings. The molecule has 1 atom stereocenters. The summed E-state index contributed by atoms with van der Waals surface area (Å²) >= 11 is 0. The molecule has 1 N–H and O–H groups in total. The summed E-state index contributed by atoms with van der Waals surface area (Å²) in [5, 5.41) is 7.91. The van der Waals surface area contributed by atoms with Crippen LogP contribution in [0.1, 0.15) is 36.6 Å². The van der Waals surface area contributed by atoms with Crippen molar-refractivity contribution in [3.63, 3.8) is 0 Å². The van der Waals surface area contributed by atoms with E-state index in [9.17, 15) is 0 Å². The lowest BCUT2D eigenvalue weighted by Crippen LogP contribution is -2.22. The van der Waals surface area contributed by atoms with Gasteiger partial charge in [0, 0.05) is 18.8 Å². The summed E-state index contributed by atoms with van der Waals surface area (Å²) in [6, 6.07) is 9.09. The molecule has 1 aromatic heterocycles. The number of aryl methyl sites for hydroxylation is 2. The molecule has 19 heavy (non-hydrogen) atoms. The van der Waals surface area contributed by atoms with E-state index in [0.29, 0.717) is 6.04 Å². The summed E-state index contributed by atoms with van der Waals surface area (Å²) in [4.78, 5) is 0. The molecule has 0 aliphatic carbocycles. The fraction of sp³-hybridized carbons (Fsp3) is 0.438. The molecule has 1 unspecified atom stereocenters. The molecule has 3 heteroatoms. The van der Waals surface area contributed by atoms with Crippen LogP contribution in [0, 0.1) is 6.92 Å². The fourth-order valence-corrected chi connectivity index (χ4v) is 2.36. The van der Waals surface area contributed by atoms with Gasteiger partial charge in [0.1, 0.15) is 0 Å². The molecular formula is C16H23N3. The molecule has 1 aromatic carbocycles. The highest BCUT2D eigenvalue weighted by atomic mass is 15.3. The van der Waals surface area contributed by atoms with Crippen molar-refractivity contribution in [1.29, 1.82) is 0 Å². The van der Waals surface area contributed by atoms with Gasteiger partial charge in [-0.05, 0) is 37.9 Å². The largest absolute Gasteiger partial charge is 0.310 e. The van der Waals surface area contributed by atoms with Crippen LogP contribution in [0.2, 0.25) is 0 Å². The first-order valence-electron chi connectivity index (χ1n) is 7.04. The molecule has 0 saturated carbocycles. The van der Waals surface area contributed by atoms with Crippen LogP contribution in [-0.4, -0.2) is 16.3 Å². The van der Waals surface area contributed by atoms with Crippen molar-refractivity contribution >= 4 is 0 Å². The smallest absolute Gasteiger partial charge is 0.0522 e. The molecule has 0 spiro atoms. The third kappa shape index (κ3) is 3.67. The first-order chi connectivity index (χ1) is 9.22. The Morgan fingerprint density at radius 2 is 2.16 bits per heavy atom. The van der Waals surface area contributed by atoms with Crippen LogP contribution >= 0.6 is 0 Å². The Morgan fingerprint density at radius 3 is 2.79 bits per heavy atom. The zero-order chi connectivity index (χ0) is 13.7. The van der Waals surface area contributed by atoms with Crippen LogP contribution in [0.5, 0.6) is 0 Å². The monoisotopic (exact) mass is 257 g/mol. The maximum atomic E-state index is 4.35. The summed E-state index contributed by atoms with van der Waals surface area (Å²) in [6.45, 7) is 8.30. The molecule has 102 valence electrons. The minimum absolute atomic E-state index is 0.361. The molecule has 2 rings (SSSR count). The molecule has 3 nitrogen and oxygen atoms in total. The van der Waals surface area contributed by atoms with Crippen molar-refractivity contribution in [2.45, 2.75) is 39.8 Å². The fourth-order valence-electron chi connectivity index (χ4n) is 2.36. The average molecular weight is 257 g/mol. The van der Waals surface area contributed by atoms with E-state index in [4.69, 9.17) is 0 Å². The topological polar surface area (TPSA) is 29.9 Å². The van der Waals surface area contributed by atoms with E-state index >= 15 is 0 Å². The molecule has 0 aliphatic heterocycles. The van der Waals surface area contributed by atoms with Crippen LogP contribution in [0.4, 0.5) is 0 Å². The van der Waals surface area contributed by atoms with Crippen LogP contribution < -0.4 is 5.32 Å². The number of rotatable bonds is 6. The third-order valence-corrected chi connectivity index (χ3v) is 3.35. The van der Waals surface area contributed by atoms with Gasteiger partial charge in [0.2, 0.25) is 0 Å². The average Bonchev–Trinajstić information content (AvgIpc) is 2.86. The van der Waals surface area contributed by atoms with E-state index in [1.807, 2.05) is 10.9 Å². The van der Waals surface area contributed by atoms with Crippen molar-refractivity contribution in [1.82, 2.24) is 15.1 Å². The van der Waals surface area contributed by atoms with E-state index < -0.39 is 0 Å². The van der Waals surface area contributed by atoms with E-state index in [-0.39, 0.29) is 0 Å². The maximum Gasteiger partial charge on any atom is 0.0522 e. The van der Waals surface area contributed by atoms with E-state index in [2.05, 4.69) is 61.6 Å². The molecule has 0 fully saturated rings. The second-order valence-electron chi connectivity index (χ2n) is 4.93. The highest BCUT2D eigenvalue weighted by Crippen LogP contribution is 2.19. The zero-order valence-corrected chi connectivity index (χ0v) is 12.1. The minimum Gasteiger partial charge on any atom is -0.310 e. The summed E-state index contributed by atoms with van der Waals surface area (Å²) in [5.74, 6) is 0. The van der Waals surface area contributed by atoms with Gasteiger partial charge in [-0.3, -0.25) is 4.68 Å². The van der Waals surface area contributed by atoms with Crippen molar-refractivity contribution < 1.29 is 0 Å². The predicted molar refractivity (Wildman–Crippen MR) is 79.2 cm³/mol. The lowest BCUT2D eigenvalue weighted by atomic mass is 9.99.